The molecule has 2 atom stereocenters. The lowest BCUT2D eigenvalue weighted by Gasteiger charge is -2.38. The molecular weight excluding hydrogens is 332 g/mol. The van der Waals surface area contributed by atoms with Gasteiger partial charge >= 0.3 is 0 Å². The molecule has 1 N–H and O–H groups in total. The summed E-state index contributed by atoms with van der Waals surface area (Å²) in [4.78, 5) is 10.5. The zero-order chi connectivity index (χ0) is 17.2. The first-order chi connectivity index (χ1) is 11.4. The number of methoxy groups -OCH3 is 1. The van der Waals surface area contributed by atoms with E-state index in [0.29, 0.717) is 12.4 Å². The van der Waals surface area contributed by atoms with Gasteiger partial charge in [-0.1, -0.05) is 0 Å². The van der Waals surface area contributed by atoms with Crippen LogP contribution in [0.5, 0.6) is 5.88 Å². The monoisotopic (exact) mass is 356 g/mol. The molecule has 0 amide bonds. The summed E-state index contributed by atoms with van der Waals surface area (Å²) in [5.74, 6) is 1.37. The van der Waals surface area contributed by atoms with Gasteiger partial charge in [0.1, 0.15) is 12.1 Å². The van der Waals surface area contributed by atoms with Gasteiger partial charge in [0.15, 0.2) is 0 Å². The van der Waals surface area contributed by atoms with Crippen LogP contribution in [0.1, 0.15) is 25.7 Å². The second-order valence-electron chi connectivity index (χ2n) is 6.53. The molecule has 0 aromatic carbocycles. The van der Waals surface area contributed by atoms with E-state index in [-0.39, 0.29) is 11.7 Å². The molecule has 1 spiro atoms. The van der Waals surface area contributed by atoms with E-state index >= 15 is 0 Å². The van der Waals surface area contributed by atoms with Gasteiger partial charge in [0, 0.05) is 25.7 Å². The minimum Gasteiger partial charge on any atom is -0.481 e. The van der Waals surface area contributed by atoms with Crippen molar-refractivity contribution in [2.75, 3.05) is 37.9 Å². The summed E-state index contributed by atoms with van der Waals surface area (Å²) in [6.07, 6.45) is 6.41. The summed E-state index contributed by atoms with van der Waals surface area (Å²) < 4.78 is 36.6. The molecule has 0 saturated carbocycles. The Hall–Kier alpha value is -1.45. The highest BCUT2D eigenvalue weighted by Gasteiger charge is 2.43. The maximum atomic E-state index is 11.3. The summed E-state index contributed by atoms with van der Waals surface area (Å²) in [5, 5.41) is 0. The van der Waals surface area contributed by atoms with Gasteiger partial charge in [-0.15, -0.1) is 0 Å². The molecule has 9 heteroatoms. The van der Waals surface area contributed by atoms with Crippen molar-refractivity contribution in [1.82, 2.24) is 14.7 Å². The van der Waals surface area contributed by atoms with Crippen LogP contribution < -0.4 is 14.4 Å². The molecule has 2 aliphatic heterocycles. The molecule has 0 radical (unpaired) electrons. The van der Waals surface area contributed by atoms with Crippen molar-refractivity contribution < 1.29 is 17.9 Å². The van der Waals surface area contributed by atoms with E-state index < -0.39 is 10.0 Å². The largest absolute Gasteiger partial charge is 0.481 e. The van der Waals surface area contributed by atoms with Crippen LogP contribution in [0.15, 0.2) is 12.4 Å². The van der Waals surface area contributed by atoms with E-state index in [1.54, 1.807) is 7.11 Å². The van der Waals surface area contributed by atoms with Crippen LogP contribution in [0, 0.1) is 0 Å². The van der Waals surface area contributed by atoms with Crippen molar-refractivity contribution in [3.63, 3.8) is 0 Å². The molecule has 134 valence electrons. The standard InChI is InChI=1S/C15H24N4O4S/c1-22-14-8-13(16-11-17-14)19-7-6-15(10-19)5-3-4-12(23-15)9-18-24(2,20)21/h8,11-12,18H,3-7,9-10H2,1-2H3/t12-,15+/m0/s1. The molecule has 0 unspecified atom stereocenters. The molecule has 0 bridgehead atoms. The quantitative estimate of drug-likeness (QED) is 0.823. The van der Waals surface area contributed by atoms with Crippen LogP contribution in [-0.4, -0.2) is 63.1 Å². The molecule has 2 aliphatic rings. The number of ether oxygens (including phenoxy) is 2. The van der Waals surface area contributed by atoms with Crippen molar-refractivity contribution in [2.45, 2.75) is 37.4 Å². The normalized spacial score (nSPS) is 27.6. The average Bonchev–Trinajstić information content (AvgIpc) is 2.96. The highest BCUT2D eigenvalue weighted by Crippen LogP contribution is 2.38. The van der Waals surface area contributed by atoms with Gasteiger partial charge in [-0.25, -0.2) is 23.1 Å². The SMILES string of the molecule is COc1cc(N2CC[C@]3(CCC[C@@H](CNS(C)(=O)=O)O3)C2)ncn1. The first-order valence-electron chi connectivity index (χ1n) is 8.13. The van der Waals surface area contributed by atoms with Crippen molar-refractivity contribution >= 4 is 15.8 Å². The number of hydrogen-bond donors (Lipinski definition) is 1. The topological polar surface area (TPSA) is 93.7 Å². The van der Waals surface area contributed by atoms with E-state index in [2.05, 4.69) is 19.6 Å². The minimum atomic E-state index is -3.19. The fourth-order valence-electron chi connectivity index (χ4n) is 3.47. The Labute approximate surface area is 142 Å². The van der Waals surface area contributed by atoms with Gasteiger partial charge < -0.3 is 14.4 Å². The van der Waals surface area contributed by atoms with Crippen molar-refractivity contribution in [1.29, 1.82) is 0 Å². The van der Waals surface area contributed by atoms with Gasteiger partial charge in [-0.05, 0) is 25.7 Å². The van der Waals surface area contributed by atoms with Crippen LogP contribution in [0.25, 0.3) is 0 Å². The van der Waals surface area contributed by atoms with Crippen LogP contribution >= 0.6 is 0 Å². The third-order valence-corrected chi connectivity index (χ3v) is 5.32. The zero-order valence-electron chi connectivity index (χ0n) is 14.1. The number of sulfonamides is 1. The van der Waals surface area contributed by atoms with Gasteiger partial charge in [0.2, 0.25) is 15.9 Å². The lowest BCUT2D eigenvalue weighted by molar-refractivity contribution is -0.112. The van der Waals surface area contributed by atoms with Crippen LogP contribution in [0.3, 0.4) is 0 Å². The Bertz CT molecular complexity index is 684. The van der Waals surface area contributed by atoms with Crippen molar-refractivity contribution in [3.8, 4) is 5.88 Å². The number of nitrogens with zero attached hydrogens (tertiary/aromatic N) is 3. The fourth-order valence-corrected chi connectivity index (χ4v) is 3.95. The van der Waals surface area contributed by atoms with E-state index in [1.807, 2.05) is 6.07 Å². The van der Waals surface area contributed by atoms with Crippen LogP contribution in [-0.2, 0) is 14.8 Å². The van der Waals surface area contributed by atoms with Crippen LogP contribution in [0.4, 0.5) is 5.82 Å². The predicted molar refractivity (Wildman–Crippen MR) is 89.7 cm³/mol. The fraction of sp³-hybridized carbons (Fsp3) is 0.733. The second kappa shape index (κ2) is 6.81. The molecule has 3 rings (SSSR count). The van der Waals surface area contributed by atoms with Crippen LogP contribution in [0.2, 0.25) is 0 Å². The van der Waals surface area contributed by atoms with Crippen molar-refractivity contribution in [3.05, 3.63) is 12.4 Å². The average molecular weight is 356 g/mol. The number of hydrogen-bond acceptors (Lipinski definition) is 7. The third kappa shape index (κ3) is 4.14. The zero-order valence-corrected chi connectivity index (χ0v) is 14.9. The number of aromatic nitrogens is 2. The minimum absolute atomic E-state index is 0.0756. The highest BCUT2D eigenvalue weighted by atomic mass is 32.2. The third-order valence-electron chi connectivity index (χ3n) is 4.63. The van der Waals surface area contributed by atoms with E-state index in [0.717, 1.165) is 44.6 Å². The van der Waals surface area contributed by atoms with E-state index in [1.165, 1.54) is 12.6 Å². The number of anilines is 1. The Kier molecular flexibility index (Phi) is 4.93. The summed E-state index contributed by atoms with van der Waals surface area (Å²) in [7, 11) is -1.61. The number of rotatable bonds is 5. The van der Waals surface area contributed by atoms with E-state index in [4.69, 9.17) is 9.47 Å². The highest BCUT2D eigenvalue weighted by molar-refractivity contribution is 7.88. The Balaban J connectivity index is 1.64. The summed E-state index contributed by atoms with van der Waals surface area (Å²) in [5.41, 5.74) is -0.222. The molecule has 1 aromatic heterocycles. The molecular formula is C15H24N4O4S. The number of nitrogens with one attached hydrogen (secondary N) is 1. The Morgan fingerprint density at radius 1 is 1.46 bits per heavy atom. The maximum absolute atomic E-state index is 11.3. The summed E-state index contributed by atoms with van der Waals surface area (Å²) >= 11 is 0. The van der Waals surface area contributed by atoms with Gasteiger partial charge in [-0.2, -0.15) is 0 Å². The molecule has 2 saturated heterocycles. The first-order valence-corrected chi connectivity index (χ1v) is 10.0. The predicted octanol–water partition coefficient (Wildman–Crippen LogP) is 0.552. The second-order valence-corrected chi connectivity index (χ2v) is 8.36. The Morgan fingerprint density at radius 3 is 3.04 bits per heavy atom. The smallest absolute Gasteiger partial charge is 0.218 e. The lowest BCUT2D eigenvalue weighted by atomic mass is 9.90. The molecule has 2 fully saturated rings. The molecule has 3 heterocycles. The van der Waals surface area contributed by atoms with E-state index in [9.17, 15) is 8.42 Å². The van der Waals surface area contributed by atoms with Gasteiger partial charge in [-0.3, -0.25) is 0 Å². The lowest BCUT2D eigenvalue weighted by Crippen LogP contribution is -2.46. The molecule has 24 heavy (non-hydrogen) atoms. The maximum Gasteiger partial charge on any atom is 0.218 e. The van der Waals surface area contributed by atoms with Crippen molar-refractivity contribution in [2.24, 2.45) is 0 Å². The van der Waals surface area contributed by atoms with Gasteiger partial charge in [0.25, 0.3) is 0 Å². The summed E-state index contributed by atoms with van der Waals surface area (Å²) in [6, 6.07) is 1.82. The Morgan fingerprint density at radius 2 is 2.29 bits per heavy atom. The van der Waals surface area contributed by atoms with Gasteiger partial charge in [0.05, 0.1) is 25.1 Å². The summed E-state index contributed by atoms with van der Waals surface area (Å²) in [6.45, 7) is 1.94. The molecule has 8 nitrogen and oxygen atoms in total. The molecule has 1 aromatic rings. The first kappa shape index (κ1) is 17.4. The molecule has 0 aliphatic carbocycles.